The molecule has 3 heterocycles. The molecule has 1 atom stereocenters. The zero-order chi connectivity index (χ0) is 13.9. The maximum absolute atomic E-state index is 11.9. The molecule has 5 heteroatoms. The van der Waals surface area contributed by atoms with Crippen LogP contribution in [0.3, 0.4) is 0 Å². The minimum Gasteiger partial charge on any atom is -1.00 e. The van der Waals surface area contributed by atoms with Crippen LogP contribution < -0.4 is 17.1 Å². The lowest BCUT2D eigenvalue weighted by atomic mass is 9.86. The molecule has 21 heavy (non-hydrogen) atoms. The highest BCUT2D eigenvalue weighted by atomic mass is 35.5. The number of aryl methyl sites for hydroxylation is 1. The summed E-state index contributed by atoms with van der Waals surface area (Å²) < 4.78 is 11.1. The van der Waals surface area contributed by atoms with Crippen molar-refractivity contribution in [3.05, 3.63) is 29.8 Å². The third kappa shape index (κ3) is 4.11. The number of piperidine rings is 3. The molecule has 0 saturated carbocycles. The van der Waals surface area contributed by atoms with Gasteiger partial charge in [0.2, 0.25) is 0 Å². The van der Waals surface area contributed by atoms with E-state index in [0.29, 0.717) is 5.92 Å². The molecule has 0 N–H and O–H groups in total. The van der Waals surface area contributed by atoms with E-state index in [1.54, 1.807) is 0 Å². The van der Waals surface area contributed by atoms with Gasteiger partial charge >= 0.3 is 5.97 Å². The number of halogens is 1. The summed E-state index contributed by atoms with van der Waals surface area (Å²) >= 11 is 0. The van der Waals surface area contributed by atoms with Crippen LogP contribution in [-0.4, -0.2) is 43.2 Å². The van der Waals surface area contributed by atoms with Crippen molar-refractivity contribution in [1.29, 1.82) is 0 Å². The minimum absolute atomic E-state index is 0. The van der Waals surface area contributed by atoms with Crippen molar-refractivity contribution < 1.29 is 26.7 Å². The van der Waals surface area contributed by atoms with Crippen molar-refractivity contribution >= 4 is 5.97 Å². The molecule has 4 nitrogen and oxygen atoms in total. The van der Waals surface area contributed by atoms with Crippen molar-refractivity contribution in [2.75, 3.05) is 26.2 Å². The lowest BCUT2D eigenvalue weighted by Crippen LogP contribution is -3.00. The van der Waals surface area contributed by atoms with E-state index < -0.39 is 0 Å². The monoisotopic (exact) mass is 310 g/mol. The Hall–Kier alpha value is -1.26. The highest BCUT2D eigenvalue weighted by Crippen LogP contribution is 2.29. The Labute approximate surface area is 131 Å². The second-order valence-electron chi connectivity index (χ2n) is 5.77. The van der Waals surface area contributed by atoms with E-state index in [1.807, 2.05) is 31.2 Å². The van der Waals surface area contributed by atoms with E-state index in [4.69, 9.17) is 9.47 Å². The SMILES string of the molecule is Cc1cccc(OCC(=O)OC2CN3CCC2CC3)c1.[Cl-]. The Morgan fingerprint density at radius 1 is 1.33 bits per heavy atom. The molecule has 0 amide bonds. The number of carbonyl (C=O) groups is 1. The van der Waals surface area contributed by atoms with Gasteiger partial charge in [0.05, 0.1) is 0 Å². The first kappa shape index (κ1) is 16.1. The zero-order valence-electron chi connectivity index (χ0n) is 12.3. The van der Waals surface area contributed by atoms with Crippen LogP contribution in [0.1, 0.15) is 18.4 Å². The van der Waals surface area contributed by atoms with Crippen LogP contribution in [-0.2, 0) is 9.53 Å². The van der Waals surface area contributed by atoms with Gasteiger partial charge in [0.1, 0.15) is 11.9 Å². The van der Waals surface area contributed by atoms with Crippen molar-refractivity contribution in [2.45, 2.75) is 25.9 Å². The molecular weight excluding hydrogens is 290 g/mol. The summed E-state index contributed by atoms with van der Waals surface area (Å²) in [4.78, 5) is 14.3. The lowest BCUT2D eigenvalue weighted by molar-refractivity contribution is -0.161. The number of benzene rings is 1. The summed E-state index contributed by atoms with van der Waals surface area (Å²) in [6.07, 6.45) is 2.36. The quantitative estimate of drug-likeness (QED) is 0.670. The Morgan fingerprint density at radius 3 is 2.71 bits per heavy atom. The average Bonchev–Trinajstić information content (AvgIpc) is 2.46. The summed E-state index contributed by atoms with van der Waals surface area (Å²) in [6, 6.07) is 7.69. The number of esters is 1. The van der Waals surface area contributed by atoms with Gasteiger partial charge in [-0.3, -0.25) is 4.90 Å². The van der Waals surface area contributed by atoms with Crippen LogP contribution in [0, 0.1) is 12.8 Å². The first-order chi connectivity index (χ1) is 9.70. The zero-order valence-corrected chi connectivity index (χ0v) is 13.0. The van der Waals surface area contributed by atoms with E-state index in [1.165, 1.54) is 0 Å². The number of hydrogen-bond acceptors (Lipinski definition) is 4. The van der Waals surface area contributed by atoms with Gasteiger partial charge in [-0.25, -0.2) is 4.79 Å². The molecule has 0 spiro atoms. The largest absolute Gasteiger partial charge is 1.00 e. The molecule has 1 aromatic carbocycles. The number of nitrogens with zero attached hydrogens (tertiary/aromatic N) is 1. The van der Waals surface area contributed by atoms with Crippen molar-refractivity contribution in [1.82, 2.24) is 4.90 Å². The van der Waals surface area contributed by atoms with E-state index in [2.05, 4.69) is 4.90 Å². The molecule has 1 aromatic rings. The first-order valence-electron chi connectivity index (χ1n) is 7.32. The van der Waals surface area contributed by atoms with Gasteiger partial charge in [-0.2, -0.15) is 0 Å². The van der Waals surface area contributed by atoms with Crippen LogP contribution in [0.5, 0.6) is 5.75 Å². The molecule has 2 bridgehead atoms. The van der Waals surface area contributed by atoms with Gasteiger partial charge in [0.25, 0.3) is 0 Å². The number of ether oxygens (including phenoxy) is 2. The summed E-state index contributed by atoms with van der Waals surface area (Å²) in [6.45, 7) is 5.18. The van der Waals surface area contributed by atoms with Crippen molar-refractivity contribution in [2.24, 2.45) is 5.92 Å². The average molecular weight is 311 g/mol. The van der Waals surface area contributed by atoms with Crippen LogP contribution in [0.15, 0.2) is 24.3 Å². The van der Waals surface area contributed by atoms with Gasteiger partial charge in [0, 0.05) is 6.54 Å². The van der Waals surface area contributed by atoms with Gasteiger partial charge in [-0.1, -0.05) is 12.1 Å². The highest BCUT2D eigenvalue weighted by Gasteiger charge is 2.36. The summed E-state index contributed by atoms with van der Waals surface area (Å²) in [7, 11) is 0. The number of carbonyl (C=O) groups excluding carboxylic acids is 1. The summed E-state index contributed by atoms with van der Waals surface area (Å²) in [5, 5.41) is 0. The number of hydrogen-bond donors (Lipinski definition) is 0. The van der Waals surface area contributed by atoms with E-state index in [-0.39, 0.29) is 31.1 Å². The predicted octanol–water partition coefficient (Wildman–Crippen LogP) is -0.985. The smallest absolute Gasteiger partial charge is 0.344 e. The molecule has 3 aliphatic rings. The van der Waals surface area contributed by atoms with Gasteiger partial charge < -0.3 is 21.9 Å². The summed E-state index contributed by atoms with van der Waals surface area (Å²) in [5.74, 6) is 1.00. The van der Waals surface area contributed by atoms with Crippen molar-refractivity contribution in [3.63, 3.8) is 0 Å². The topological polar surface area (TPSA) is 38.8 Å². The maximum atomic E-state index is 11.9. The van der Waals surface area contributed by atoms with Crippen LogP contribution in [0.2, 0.25) is 0 Å². The molecule has 4 rings (SSSR count). The molecule has 116 valence electrons. The third-order valence-electron chi connectivity index (χ3n) is 4.23. The van der Waals surface area contributed by atoms with E-state index in [0.717, 1.165) is 43.8 Å². The van der Waals surface area contributed by atoms with E-state index in [9.17, 15) is 4.79 Å². The molecule has 0 radical (unpaired) electrons. The van der Waals surface area contributed by atoms with Crippen LogP contribution >= 0.6 is 0 Å². The number of rotatable bonds is 4. The fraction of sp³-hybridized carbons (Fsp3) is 0.562. The van der Waals surface area contributed by atoms with Gasteiger partial charge in [0.15, 0.2) is 6.61 Å². The second kappa shape index (κ2) is 7.14. The second-order valence-corrected chi connectivity index (χ2v) is 5.77. The molecular formula is C16H21ClNO3-. The Morgan fingerprint density at radius 2 is 2.10 bits per heavy atom. The van der Waals surface area contributed by atoms with Crippen molar-refractivity contribution in [3.8, 4) is 5.75 Å². The number of fused-ring (bicyclic) bond motifs is 3. The van der Waals surface area contributed by atoms with Crippen LogP contribution in [0.4, 0.5) is 0 Å². The minimum atomic E-state index is -0.259. The lowest BCUT2D eigenvalue weighted by Gasteiger charge is -2.43. The maximum Gasteiger partial charge on any atom is 0.344 e. The van der Waals surface area contributed by atoms with Crippen LogP contribution in [0.25, 0.3) is 0 Å². The van der Waals surface area contributed by atoms with Gasteiger partial charge in [-0.05, 0) is 56.5 Å². The molecule has 3 aliphatic heterocycles. The summed E-state index contributed by atoms with van der Waals surface area (Å²) in [5.41, 5.74) is 1.12. The fourth-order valence-corrected chi connectivity index (χ4v) is 3.09. The normalized spacial score (nSPS) is 26.8. The third-order valence-corrected chi connectivity index (χ3v) is 4.23. The molecule has 1 unspecified atom stereocenters. The fourth-order valence-electron chi connectivity index (χ4n) is 3.09. The van der Waals surface area contributed by atoms with Gasteiger partial charge in [-0.15, -0.1) is 0 Å². The molecule has 0 aromatic heterocycles. The Kier molecular flexibility index (Phi) is 5.48. The molecule has 0 aliphatic carbocycles. The first-order valence-corrected chi connectivity index (χ1v) is 7.32. The Bertz CT molecular complexity index is 486. The molecule has 3 fully saturated rings. The standard InChI is InChI=1S/C16H21NO3.ClH/c1-12-3-2-4-14(9-12)19-11-16(18)20-15-10-17-7-5-13(15)6-8-17;/h2-4,9,13,15H,5-8,10-11H2,1H3;1H/p-1. The van der Waals surface area contributed by atoms with E-state index >= 15 is 0 Å². The predicted molar refractivity (Wildman–Crippen MR) is 75.7 cm³/mol. The molecule has 3 saturated heterocycles. The highest BCUT2D eigenvalue weighted by molar-refractivity contribution is 5.71. The Balaban J connectivity index is 0.00000161.